The Bertz CT molecular complexity index is 1300. The number of cyclic esters (lactones) is 1. The van der Waals surface area contributed by atoms with Gasteiger partial charge in [-0.25, -0.2) is 0 Å². The molecule has 4 N–H and O–H groups in total. The number of methoxy groups -OCH3 is 1. The summed E-state index contributed by atoms with van der Waals surface area (Å²) in [6.45, 7) is 13.7. The summed E-state index contributed by atoms with van der Waals surface area (Å²) in [4.78, 5) is 29.2. The van der Waals surface area contributed by atoms with Crippen molar-refractivity contribution in [1.82, 2.24) is 4.90 Å². The number of Topliss-reactive ketones (excluding diaryl/α,β-unsaturated/α-hetero) is 1. The van der Waals surface area contributed by atoms with Crippen LogP contribution in [0.25, 0.3) is 0 Å². The van der Waals surface area contributed by atoms with Gasteiger partial charge in [0.2, 0.25) is 0 Å². The number of rotatable bonds is 7. The van der Waals surface area contributed by atoms with E-state index in [9.17, 15) is 30.0 Å². The van der Waals surface area contributed by atoms with Gasteiger partial charge in [0.15, 0.2) is 6.29 Å². The van der Waals surface area contributed by atoms with Gasteiger partial charge in [0.1, 0.15) is 23.6 Å². The topological polar surface area (TPSA) is 155 Å². The number of ether oxygens (including phenoxy) is 4. The van der Waals surface area contributed by atoms with E-state index in [4.69, 9.17) is 25.4 Å². The van der Waals surface area contributed by atoms with E-state index in [1.165, 1.54) is 21.0 Å². The van der Waals surface area contributed by atoms with E-state index in [0.29, 0.717) is 13.0 Å². The molecule has 0 aromatic heterocycles. The number of carbonyl (C=O) groups is 2. The van der Waals surface area contributed by atoms with Gasteiger partial charge in [0.25, 0.3) is 0 Å². The maximum Gasteiger partial charge on any atom is 0.311 e. The fraction of sp³-hybridized carbons (Fsp3) is 0.737. The molecule has 0 unspecified atom stereocenters. The molecule has 3 rings (SSSR count). The zero-order chi connectivity index (χ0) is 37.0. The molecule has 0 spiro atoms. The third kappa shape index (κ3) is 9.10. The van der Waals surface area contributed by atoms with Crippen LogP contribution in [0, 0.1) is 36.0 Å². The third-order valence-corrected chi connectivity index (χ3v) is 11.0. The summed E-state index contributed by atoms with van der Waals surface area (Å²) in [6, 6.07) is 7.30. The molecule has 2 aliphatic heterocycles. The SMILES string of the molecule is C#Cc1ccc(CN(C)[C@H]2C[C@@H](C)O[C@@H](O[C@@H]3[C@@H](C)[C@H](O)[C@@H](C)C(=O)O[C@H](CC)[C@@](C)(O)[C@H](O)[C@@H](C)C(=O)[C@H](C)C[C@@]3(C)OC)[C@@H]2O)cc1. The van der Waals surface area contributed by atoms with Crippen LogP contribution >= 0.6 is 0 Å². The van der Waals surface area contributed by atoms with Gasteiger partial charge in [-0.1, -0.05) is 45.7 Å². The highest BCUT2D eigenvalue weighted by Gasteiger charge is 2.52. The predicted octanol–water partition coefficient (Wildman–Crippen LogP) is 3.07. The van der Waals surface area contributed by atoms with Crippen molar-refractivity contribution in [3.8, 4) is 12.3 Å². The zero-order valence-electron chi connectivity index (χ0n) is 30.8. The van der Waals surface area contributed by atoms with Crippen LogP contribution < -0.4 is 0 Å². The highest BCUT2D eigenvalue weighted by molar-refractivity contribution is 5.83. The van der Waals surface area contributed by atoms with Crippen molar-refractivity contribution < 1.29 is 49.0 Å². The Morgan fingerprint density at radius 1 is 1.02 bits per heavy atom. The second-order valence-electron chi connectivity index (χ2n) is 14.9. The second-order valence-corrected chi connectivity index (χ2v) is 14.9. The summed E-state index contributed by atoms with van der Waals surface area (Å²) in [7, 11) is 3.40. The normalized spacial score (nSPS) is 41.5. The Labute approximate surface area is 292 Å². The second kappa shape index (κ2) is 16.7. The van der Waals surface area contributed by atoms with E-state index < -0.39 is 77.7 Å². The minimum Gasteiger partial charge on any atom is -0.459 e. The molecule has 0 bridgehead atoms. The molecule has 276 valence electrons. The molecule has 1 aromatic rings. The Morgan fingerprint density at radius 2 is 1.63 bits per heavy atom. The molecule has 11 heteroatoms. The number of esters is 1. The molecular weight excluding hydrogens is 630 g/mol. The number of ketones is 1. The van der Waals surface area contributed by atoms with Crippen LogP contribution in [0.1, 0.15) is 85.8 Å². The average molecular weight is 690 g/mol. The van der Waals surface area contributed by atoms with Gasteiger partial charge in [-0.3, -0.25) is 14.5 Å². The summed E-state index contributed by atoms with van der Waals surface area (Å²) in [6.07, 6.45) is -1.22. The lowest BCUT2D eigenvalue weighted by Crippen LogP contribution is -2.60. The number of nitrogens with zero attached hydrogens (tertiary/aromatic N) is 1. The lowest BCUT2D eigenvalue weighted by atomic mass is 9.74. The quantitative estimate of drug-likeness (QED) is 0.247. The van der Waals surface area contributed by atoms with Crippen LogP contribution in [0.3, 0.4) is 0 Å². The Balaban J connectivity index is 2.00. The fourth-order valence-corrected chi connectivity index (χ4v) is 7.62. The standard InChI is InChI=1S/C38H59NO10/c1-12-26-14-16-27(17-15-26)20-39(10)28-18-22(4)47-36(32(28)42)49-34-24(6)31(41)25(7)35(44)48-29(13-2)38(9,45)33(43)23(5)30(40)21(3)19-37(34,8)46-11/h1,14-17,21-25,28-29,31-34,36,41-43,45H,13,18-20H2,2-11H3/t21-,22-,23+,24+,25-,28+,29-,31+,32-,33-,34-,36+,37-,38-/m1/s1. The maximum absolute atomic E-state index is 13.8. The molecule has 14 atom stereocenters. The Kier molecular flexibility index (Phi) is 14.0. The lowest BCUT2D eigenvalue weighted by molar-refractivity contribution is -0.302. The first-order valence-electron chi connectivity index (χ1n) is 17.4. The van der Waals surface area contributed by atoms with E-state index in [1.807, 2.05) is 43.1 Å². The average Bonchev–Trinajstić information content (AvgIpc) is 3.08. The number of aliphatic hydroxyl groups is 4. The van der Waals surface area contributed by atoms with Crippen molar-refractivity contribution in [3.63, 3.8) is 0 Å². The van der Waals surface area contributed by atoms with Crippen molar-refractivity contribution >= 4 is 11.8 Å². The molecule has 2 fully saturated rings. The van der Waals surface area contributed by atoms with Gasteiger partial charge in [-0.05, 0) is 71.7 Å². The molecule has 2 saturated heterocycles. The van der Waals surface area contributed by atoms with E-state index in [1.54, 1.807) is 34.6 Å². The van der Waals surface area contributed by atoms with Gasteiger partial charge in [0.05, 0.1) is 35.9 Å². The van der Waals surface area contributed by atoms with Gasteiger partial charge >= 0.3 is 5.97 Å². The monoisotopic (exact) mass is 689 g/mol. The number of terminal acetylenes is 1. The third-order valence-electron chi connectivity index (χ3n) is 11.0. The van der Waals surface area contributed by atoms with Crippen molar-refractivity contribution in [1.29, 1.82) is 0 Å². The minimum absolute atomic E-state index is 0.106. The van der Waals surface area contributed by atoms with E-state index in [-0.39, 0.29) is 30.8 Å². The number of likely N-dealkylation sites (N-methyl/N-ethyl adjacent to an activating group) is 1. The molecule has 2 aliphatic rings. The van der Waals surface area contributed by atoms with Crippen LogP contribution in [0.2, 0.25) is 0 Å². The number of benzene rings is 1. The van der Waals surface area contributed by atoms with E-state index in [2.05, 4.69) is 5.92 Å². The fourth-order valence-electron chi connectivity index (χ4n) is 7.62. The summed E-state index contributed by atoms with van der Waals surface area (Å²) in [5.41, 5.74) is -1.38. The molecule has 49 heavy (non-hydrogen) atoms. The first-order valence-corrected chi connectivity index (χ1v) is 17.4. The first kappa shape index (κ1) is 41.0. The van der Waals surface area contributed by atoms with Crippen molar-refractivity contribution in [2.45, 2.75) is 141 Å². The van der Waals surface area contributed by atoms with Gasteiger partial charge in [-0.2, -0.15) is 0 Å². The van der Waals surface area contributed by atoms with Gasteiger partial charge in [-0.15, -0.1) is 6.42 Å². The summed E-state index contributed by atoms with van der Waals surface area (Å²) in [5, 5.41) is 46.0. The number of hydrogen-bond donors (Lipinski definition) is 4. The minimum atomic E-state index is -1.93. The predicted molar refractivity (Wildman–Crippen MR) is 184 cm³/mol. The molecule has 0 amide bonds. The zero-order valence-corrected chi connectivity index (χ0v) is 30.8. The maximum atomic E-state index is 13.8. The highest BCUT2D eigenvalue weighted by Crippen LogP contribution is 2.39. The smallest absolute Gasteiger partial charge is 0.311 e. The summed E-state index contributed by atoms with van der Waals surface area (Å²) >= 11 is 0. The molecule has 0 aliphatic carbocycles. The van der Waals surface area contributed by atoms with E-state index >= 15 is 0 Å². The number of carbonyl (C=O) groups excluding carboxylic acids is 2. The number of aliphatic hydroxyl groups excluding tert-OH is 3. The lowest BCUT2D eigenvalue weighted by Gasteiger charge is -2.48. The Hall–Kier alpha value is -2.40. The van der Waals surface area contributed by atoms with Crippen molar-refractivity contribution in [3.05, 3.63) is 35.4 Å². The molecule has 1 aromatic carbocycles. The molecule has 11 nitrogen and oxygen atoms in total. The van der Waals surface area contributed by atoms with Crippen LogP contribution in [0.5, 0.6) is 0 Å². The highest BCUT2D eigenvalue weighted by atomic mass is 16.7. The van der Waals surface area contributed by atoms with Gasteiger partial charge in [0, 0.05) is 43.0 Å². The summed E-state index contributed by atoms with van der Waals surface area (Å²) < 4.78 is 24.6. The Morgan fingerprint density at radius 3 is 2.18 bits per heavy atom. The van der Waals surface area contributed by atoms with Crippen molar-refractivity contribution in [2.24, 2.45) is 23.7 Å². The van der Waals surface area contributed by atoms with Gasteiger partial charge < -0.3 is 39.4 Å². The molecule has 2 heterocycles. The van der Waals surface area contributed by atoms with E-state index in [0.717, 1.165) is 11.1 Å². The molecular formula is C38H59NO10. The largest absolute Gasteiger partial charge is 0.459 e. The van der Waals surface area contributed by atoms with Crippen LogP contribution in [-0.2, 0) is 35.1 Å². The van der Waals surface area contributed by atoms with Crippen LogP contribution in [0.15, 0.2) is 24.3 Å². The van der Waals surface area contributed by atoms with Crippen LogP contribution in [-0.4, -0.2) is 111 Å². The molecule has 0 radical (unpaired) electrons. The van der Waals surface area contributed by atoms with Crippen molar-refractivity contribution in [2.75, 3.05) is 14.2 Å². The molecule has 0 saturated carbocycles. The van der Waals surface area contributed by atoms with Crippen LogP contribution in [0.4, 0.5) is 0 Å². The first-order chi connectivity index (χ1) is 22.8. The number of hydrogen-bond acceptors (Lipinski definition) is 11. The summed E-state index contributed by atoms with van der Waals surface area (Å²) in [5.74, 6) is -2.04.